The molecule has 0 aromatic rings. The molecule has 1 saturated carbocycles. The maximum Gasteiger partial charge on any atom is 0.221 e. The van der Waals surface area contributed by atoms with Crippen molar-refractivity contribution < 1.29 is 4.79 Å². The van der Waals surface area contributed by atoms with Crippen LogP contribution in [0.4, 0.5) is 0 Å². The van der Waals surface area contributed by atoms with Gasteiger partial charge in [-0.2, -0.15) is 0 Å². The molecule has 100 valence electrons. The van der Waals surface area contributed by atoms with Crippen molar-refractivity contribution in [1.82, 2.24) is 10.6 Å². The van der Waals surface area contributed by atoms with E-state index in [0.717, 1.165) is 6.54 Å². The van der Waals surface area contributed by atoms with Crippen molar-refractivity contribution in [3.8, 4) is 0 Å². The molecule has 0 saturated heterocycles. The second kappa shape index (κ2) is 7.70. The standard InChI is InChI=1S/C14H28N2O/c1-4-15-11(2)10-14(17)16-12(3)13-8-6-5-7-9-13/h11-13,15H,4-10H2,1-3H3,(H,16,17). The van der Waals surface area contributed by atoms with Crippen LogP contribution in [-0.2, 0) is 4.79 Å². The van der Waals surface area contributed by atoms with Crippen molar-refractivity contribution in [2.75, 3.05) is 6.54 Å². The molecule has 0 aromatic heterocycles. The lowest BCUT2D eigenvalue weighted by Crippen LogP contribution is -2.41. The fourth-order valence-electron chi connectivity index (χ4n) is 2.76. The summed E-state index contributed by atoms with van der Waals surface area (Å²) in [6, 6.07) is 0.621. The van der Waals surface area contributed by atoms with Gasteiger partial charge in [0, 0.05) is 18.5 Å². The fourth-order valence-corrected chi connectivity index (χ4v) is 2.76. The molecule has 1 rings (SSSR count). The van der Waals surface area contributed by atoms with Gasteiger partial charge in [-0.05, 0) is 39.2 Å². The van der Waals surface area contributed by atoms with Crippen LogP contribution in [0.1, 0.15) is 59.3 Å². The molecule has 1 aliphatic rings. The highest BCUT2D eigenvalue weighted by atomic mass is 16.1. The molecule has 2 N–H and O–H groups in total. The van der Waals surface area contributed by atoms with Gasteiger partial charge in [0.25, 0.3) is 0 Å². The third-order valence-electron chi connectivity index (χ3n) is 3.79. The van der Waals surface area contributed by atoms with Gasteiger partial charge in [-0.1, -0.05) is 26.2 Å². The first-order chi connectivity index (χ1) is 8.13. The van der Waals surface area contributed by atoms with Crippen LogP contribution in [0.25, 0.3) is 0 Å². The Bertz CT molecular complexity index is 224. The average molecular weight is 240 g/mol. The minimum absolute atomic E-state index is 0.191. The van der Waals surface area contributed by atoms with Crippen LogP contribution in [0, 0.1) is 5.92 Å². The molecule has 0 aromatic carbocycles. The minimum atomic E-state index is 0.191. The molecule has 3 nitrogen and oxygen atoms in total. The summed E-state index contributed by atoms with van der Waals surface area (Å²) in [5.74, 6) is 0.888. The van der Waals surface area contributed by atoms with E-state index in [1.165, 1.54) is 32.1 Å². The van der Waals surface area contributed by atoms with Crippen molar-refractivity contribution in [3.63, 3.8) is 0 Å². The van der Waals surface area contributed by atoms with E-state index in [9.17, 15) is 4.79 Å². The maximum absolute atomic E-state index is 11.8. The highest BCUT2D eigenvalue weighted by Crippen LogP contribution is 2.26. The van der Waals surface area contributed by atoms with Gasteiger partial charge in [-0.15, -0.1) is 0 Å². The van der Waals surface area contributed by atoms with E-state index >= 15 is 0 Å². The lowest BCUT2D eigenvalue weighted by molar-refractivity contribution is -0.122. The summed E-state index contributed by atoms with van der Waals surface area (Å²) in [6.07, 6.45) is 7.19. The second-order valence-electron chi connectivity index (χ2n) is 5.42. The van der Waals surface area contributed by atoms with Crippen molar-refractivity contribution >= 4 is 5.91 Å². The zero-order valence-electron chi connectivity index (χ0n) is 11.6. The van der Waals surface area contributed by atoms with E-state index in [2.05, 4.69) is 31.4 Å². The summed E-state index contributed by atoms with van der Waals surface area (Å²) in [6.45, 7) is 7.21. The lowest BCUT2D eigenvalue weighted by atomic mass is 9.84. The predicted molar refractivity (Wildman–Crippen MR) is 71.9 cm³/mol. The number of carbonyl (C=O) groups is 1. The average Bonchev–Trinajstić information content (AvgIpc) is 2.30. The van der Waals surface area contributed by atoms with E-state index in [1.807, 2.05) is 0 Å². The molecular formula is C14H28N2O. The van der Waals surface area contributed by atoms with Crippen LogP contribution < -0.4 is 10.6 Å². The van der Waals surface area contributed by atoms with Gasteiger partial charge in [0.2, 0.25) is 5.91 Å². The summed E-state index contributed by atoms with van der Waals surface area (Å²) in [5.41, 5.74) is 0. The summed E-state index contributed by atoms with van der Waals surface area (Å²) < 4.78 is 0. The Morgan fingerprint density at radius 2 is 1.88 bits per heavy atom. The number of hydrogen-bond acceptors (Lipinski definition) is 2. The summed E-state index contributed by atoms with van der Waals surface area (Å²) in [4.78, 5) is 11.8. The van der Waals surface area contributed by atoms with Gasteiger partial charge in [-0.3, -0.25) is 4.79 Å². The summed E-state index contributed by atoms with van der Waals surface area (Å²) in [7, 11) is 0. The second-order valence-corrected chi connectivity index (χ2v) is 5.42. The van der Waals surface area contributed by atoms with Gasteiger partial charge >= 0.3 is 0 Å². The largest absolute Gasteiger partial charge is 0.353 e. The van der Waals surface area contributed by atoms with Crippen LogP contribution in [-0.4, -0.2) is 24.5 Å². The van der Waals surface area contributed by atoms with Crippen LogP contribution in [0.5, 0.6) is 0 Å². The predicted octanol–water partition coefficient (Wildman–Crippen LogP) is 2.46. The van der Waals surface area contributed by atoms with Crippen molar-refractivity contribution in [3.05, 3.63) is 0 Å². The molecule has 0 heterocycles. The maximum atomic E-state index is 11.8. The molecule has 17 heavy (non-hydrogen) atoms. The Morgan fingerprint density at radius 1 is 1.24 bits per heavy atom. The third-order valence-corrected chi connectivity index (χ3v) is 3.79. The third kappa shape index (κ3) is 5.53. The van der Waals surface area contributed by atoms with E-state index in [4.69, 9.17) is 0 Å². The molecule has 0 aliphatic heterocycles. The first-order valence-corrected chi connectivity index (χ1v) is 7.16. The van der Waals surface area contributed by atoms with Gasteiger partial charge < -0.3 is 10.6 Å². The zero-order valence-corrected chi connectivity index (χ0v) is 11.6. The Labute approximate surface area is 106 Å². The molecule has 2 atom stereocenters. The molecule has 1 amide bonds. The number of amides is 1. The Morgan fingerprint density at radius 3 is 2.47 bits per heavy atom. The van der Waals surface area contributed by atoms with Crippen LogP contribution in [0.15, 0.2) is 0 Å². The first-order valence-electron chi connectivity index (χ1n) is 7.16. The molecule has 0 spiro atoms. The van der Waals surface area contributed by atoms with Gasteiger partial charge in [-0.25, -0.2) is 0 Å². The number of rotatable bonds is 6. The minimum Gasteiger partial charge on any atom is -0.353 e. The highest BCUT2D eigenvalue weighted by Gasteiger charge is 2.21. The molecular weight excluding hydrogens is 212 g/mol. The van der Waals surface area contributed by atoms with Gasteiger partial charge in [0.1, 0.15) is 0 Å². The molecule has 3 heteroatoms. The van der Waals surface area contributed by atoms with E-state index in [0.29, 0.717) is 18.4 Å². The van der Waals surface area contributed by atoms with E-state index < -0.39 is 0 Å². The van der Waals surface area contributed by atoms with Crippen LogP contribution >= 0.6 is 0 Å². The monoisotopic (exact) mass is 240 g/mol. The lowest BCUT2D eigenvalue weighted by Gasteiger charge is -2.28. The van der Waals surface area contributed by atoms with Crippen LogP contribution in [0.3, 0.4) is 0 Å². The normalized spacial score (nSPS) is 20.9. The molecule has 1 fully saturated rings. The van der Waals surface area contributed by atoms with Crippen molar-refractivity contribution in [1.29, 1.82) is 0 Å². The highest BCUT2D eigenvalue weighted by molar-refractivity contribution is 5.76. The number of carbonyl (C=O) groups excluding carboxylic acids is 1. The zero-order chi connectivity index (χ0) is 12.7. The summed E-state index contributed by atoms with van der Waals surface area (Å²) in [5, 5.41) is 6.43. The molecule has 0 radical (unpaired) electrons. The quantitative estimate of drug-likeness (QED) is 0.749. The van der Waals surface area contributed by atoms with Crippen LogP contribution in [0.2, 0.25) is 0 Å². The van der Waals surface area contributed by atoms with Crippen molar-refractivity contribution in [2.24, 2.45) is 5.92 Å². The Hall–Kier alpha value is -0.570. The smallest absolute Gasteiger partial charge is 0.221 e. The number of nitrogens with one attached hydrogen (secondary N) is 2. The van der Waals surface area contributed by atoms with E-state index in [1.54, 1.807) is 0 Å². The van der Waals surface area contributed by atoms with Gasteiger partial charge in [0.05, 0.1) is 0 Å². The fraction of sp³-hybridized carbons (Fsp3) is 0.929. The molecule has 0 bridgehead atoms. The molecule has 2 unspecified atom stereocenters. The Balaban J connectivity index is 2.24. The molecule has 1 aliphatic carbocycles. The van der Waals surface area contributed by atoms with E-state index in [-0.39, 0.29) is 11.9 Å². The summed E-state index contributed by atoms with van der Waals surface area (Å²) >= 11 is 0. The van der Waals surface area contributed by atoms with Crippen molar-refractivity contribution in [2.45, 2.75) is 71.4 Å². The first kappa shape index (κ1) is 14.5. The van der Waals surface area contributed by atoms with Gasteiger partial charge in [0.15, 0.2) is 0 Å². The Kier molecular flexibility index (Phi) is 6.56. The number of hydrogen-bond donors (Lipinski definition) is 2. The topological polar surface area (TPSA) is 41.1 Å². The SMILES string of the molecule is CCNC(C)CC(=O)NC(C)C1CCCCC1.